The van der Waals surface area contributed by atoms with Gasteiger partial charge in [-0.2, -0.15) is 0 Å². The summed E-state index contributed by atoms with van der Waals surface area (Å²) in [5.41, 5.74) is -0.136. The van der Waals surface area contributed by atoms with Crippen LogP contribution in [0, 0.1) is 23.5 Å². The van der Waals surface area contributed by atoms with Crippen molar-refractivity contribution in [2.24, 2.45) is 11.8 Å². The van der Waals surface area contributed by atoms with Gasteiger partial charge in [0.1, 0.15) is 17.4 Å². The molecule has 116 valence electrons. The molecule has 1 heterocycles. The van der Waals surface area contributed by atoms with Crippen LogP contribution in [0.2, 0.25) is 0 Å². The number of ketones is 1. The molecule has 1 aliphatic rings. The van der Waals surface area contributed by atoms with E-state index in [1.54, 1.807) is 0 Å². The Kier molecular flexibility index (Phi) is 5.88. The molecule has 2 rings (SSSR count). The fourth-order valence-electron chi connectivity index (χ4n) is 2.89. The van der Waals surface area contributed by atoms with Crippen LogP contribution < -0.4 is 5.32 Å². The Bertz CT molecular complexity index is 515. The number of carbonyl (C=O) groups excluding carboxylic acids is 1. The number of piperidine rings is 1. The number of Topliss-reactive ketones (excluding diaryl/α,β-unsaturated/α-hetero) is 1. The normalized spacial score (nSPS) is 20.3. The third kappa shape index (κ3) is 4.33. The second-order valence-corrected chi connectivity index (χ2v) is 6.68. The van der Waals surface area contributed by atoms with Crippen molar-refractivity contribution in [1.29, 1.82) is 0 Å². The van der Waals surface area contributed by atoms with Gasteiger partial charge in [-0.25, -0.2) is 8.78 Å². The first kappa shape index (κ1) is 16.6. The van der Waals surface area contributed by atoms with Crippen molar-refractivity contribution in [3.8, 4) is 0 Å². The number of rotatable bonds is 5. The predicted octanol–water partition coefficient (Wildman–Crippen LogP) is 3.86. The van der Waals surface area contributed by atoms with E-state index in [1.807, 2.05) is 6.92 Å². The lowest BCUT2D eigenvalue weighted by Gasteiger charge is -2.28. The molecule has 5 heteroatoms. The van der Waals surface area contributed by atoms with Crippen LogP contribution in [-0.4, -0.2) is 18.9 Å². The molecule has 2 unspecified atom stereocenters. The maximum absolute atomic E-state index is 13.9. The fourth-order valence-corrected chi connectivity index (χ4v) is 3.26. The van der Waals surface area contributed by atoms with Crippen LogP contribution >= 0.6 is 15.9 Å². The molecule has 0 radical (unpaired) electrons. The molecule has 2 atom stereocenters. The Morgan fingerprint density at radius 1 is 1.48 bits per heavy atom. The van der Waals surface area contributed by atoms with Gasteiger partial charge >= 0.3 is 0 Å². The lowest BCUT2D eigenvalue weighted by Crippen LogP contribution is -2.34. The van der Waals surface area contributed by atoms with E-state index in [4.69, 9.17) is 0 Å². The summed E-state index contributed by atoms with van der Waals surface area (Å²) < 4.78 is 27.7. The van der Waals surface area contributed by atoms with Gasteiger partial charge in [-0.3, -0.25) is 4.79 Å². The third-order valence-corrected chi connectivity index (χ3v) is 4.81. The minimum Gasteiger partial charge on any atom is -0.316 e. The SMILES string of the molecule is CC(CC(=O)Cc1c(F)ccc(Br)c1F)C1CCCNC1. The van der Waals surface area contributed by atoms with E-state index in [9.17, 15) is 13.6 Å². The monoisotopic (exact) mass is 359 g/mol. The van der Waals surface area contributed by atoms with E-state index in [0.29, 0.717) is 12.3 Å². The van der Waals surface area contributed by atoms with Crippen LogP contribution in [-0.2, 0) is 11.2 Å². The second kappa shape index (κ2) is 7.45. The van der Waals surface area contributed by atoms with Gasteiger partial charge < -0.3 is 5.32 Å². The van der Waals surface area contributed by atoms with E-state index in [-0.39, 0.29) is 28.2 Å². The lowest BCUT2D eigenvalue weighted by molar-refractivity contribution is -0.119. The maximum Gasteiger partial charge on any atom is 0.143 e. The van der Waals surface area contributed by atoms with Gasteiger partial charge in [-0.15, -0.1) is 0 Å². The highest BCUT2D eigenvalue weighted by Gasteiger charge is 2.23. The predicted molar refractivity (Wildman–Crippen MR) is 82.1 cm³/mol. The molecule has 1 aliphatic heterocycles. The molecule has 1 N–H and O–H groups in total. The summed E-state index contributed by atoms with van der Waals surface area (Å²) in [5, 5.41) is 3.33. The molecular formula is C16H20BrF2NO. The molecule has 0 saturated carbocycles. The smallest absolute Gasteiger partial charge is 0.143 e. The fraction of sp³-hybridized carbons (Fsp3) is 0.562. The summed E-state index contributed by atoms with van der Waals surface area (Å²) in [6, 6.07) is 2.50. The summed E-state index contributed by atoms with van der Waals surface area (Å²) >= 11 is 3.02. The molecule has 0 spiro atoms. The first-order valence-corrected chi connectivity index (χ1v) is 8.13. The van der Waals surface area contributed by atoms with Gasteiger partial charge in [0.15, 0.2) is 0 Å². The minimum atomic E-state index is -0.671. The van der Waals surface area contributed by atoms with Crippen molar-refractivity contribution in [1.82, 2.24) is 5.32 Å². The highest BCUT2D eigenvalue weighted by molar-refractivity contribution is 9.10. The number of benzene rings is 1. The largest absolute Gasteiger partial charge is 0.316 e. The summed E-state index contributed by atoms with van der Waals surface area (Å²) in [5.74, 6) is -0.723. The van der Waals surface area contributed by atoms with Crippen LogP contribution in [0.5, 0.6) is 0 Å². The zero-order valence-corrected chi connectivity index (χ0v) is 13.7. The first-order chi connectivity index (χ1) is 9.99. The van der Waals surface area contributed by atoms with Gasteiger partial charge in [0.05, 0.1) is 4.47 Å². The average Bonchev–Trinajstić information content (AvgIpc) is 2.48. The summed E-state index contributed by atoms with van der Waals surface area (Å²) in [6.45, 7) is 4.00. The van der Waals surface area contributed by atoms with Crippen LogP contribution in [0.4, 0.5) is 8.78 Å². The van der Waals surface area contributed by atoms with Crippen molar-refractivity contribution < 1.29 is 13.6 Å². The van der Waals surface area contributed by atoms with Crippen molar-refractivity contribution >= 4 is 21.7 Å². The summed E-state index contributed by atoms with van der Waals surface area (Å²) in [6.07, 6.45) is 2.43. The van der Waals surface area contributed by atoms with E-state index in [2.05, 4.69) is 21.2 Å². The van der Waals surface area contributed by atoms with E-state index >= 15 is 0 Å². The number of nitrogens with one attached hydrogen (secondary N) is 1. The minimum absolute atomic E-state index is 0.107. The molecule has 0 bridgehead atoms. The molecule has 21 heavy (non-hydrogen) atoms. The van der Waals surface area contributed by atoms with Crippen molar-refractivity contribution in [2.75, 3.05) is 13.1 Å². The van der Waals surface area contributed by atoms with Gasteiger partial charge in [0.25, 0.3) is 0 Å². The lowest BCUT2D eigenvalue weighted by atomic mass is 9.83. The maximum atomic E-state index is 13.9. The molecule has 1 fully saturated rings. The highest BCUT2D eigenvalue weighted by Crippen LogP contribution is 2.25. The molecule has 1 aromatic rings. The molecule has 0 aromatic heterocycles. The van der Waals surface area contributed by atoms with Crippen LogP contribution in [0.25, 0.3) is 0 Å². The van der Waals surface area contributed by atoms with Gasteiger partial charge in [0, 0.05) is 18.4 Å². The zero-order chi connectivity index (χ0) is 15.4. The Morgan fingerprint density at radius 3 is 2.90 bits per heavy atom. The third-order valence-electron chi connectivity index (χ3n) is 4.20. The van der Waals surface area contributed by atoms with Crippen molar-refractivity contribution in [3.63, 3.8) is 0 Å². The molecule has 0 aliphatic carbocycles. The Hall–Kier alpha value is -0.810. The first-order valence-electron chi connectivity index (χ1n) is 7.33. The van der Waals surface area contributed by atoms with E-state index < -0.39 is 11.6 Å². The van der Waals surface area contributed by atoms with E-state index in [1.165, 1.54) is 12.1 Å². The summed E-state index contributed by atoms with van der Waals surface area (Å²) in [4.78, 5) is 12.1. The molecule has 2 nitrogen and oxygen atoms in total. The Labute approximate surface area is 132 Å². The Balaban J connectivity index is 1.97. The van der Waals surface area contributed by atoms with Crippen LogP contribution in [0.1, 0.15) is 31.7 Å². The summed E-state index contributed by atoms with van der Waals surface area (Å²) in [7, 11) is 0. The molecular weight excluding hydrogens is 340 g/mol. The Morgan fingerprint density at radius 2 is 2.24 bits per heavy atom. The van der Waals surface area contributed by atoms with Crippen LogP contribution in [0.15, 0.2) is 16.6 Å². The van der Waals surface area contributed by atoms with E-state index in [0.717, 1.165) is 25.9 Å². The number of halogens is 3. The number of carbonyl (C=O) groups is 1. The van der Waals surface area contributed by atoms with Gasteiger partial charge in [-0.1, -0.05) is 6.92 Å². The van der Waals surface area contributed by atoms with Gasteiger partial charge in [0.2, 0.25) is 0 Å². The average molecular weight is 360 g/mol. The van der Waals surface area contributed by atoms with Crippen molar-refractivity contribution in [3.05, 3.63) is 33.8 Å². The van der Waals surface area contributed by atoms with Crippen LogP contribution in [0.3, 0.4) is 0 Å². The van der Waals surface area contributed by atoms with Crippen molar-refractivity contribution in [2.45, 2.75) is 32.6 Å². The topological polar surface area (TPSA) is 29.1 Å². The highest BCUT2D eigenvalue weighted by atomic mass is 79.9. The molecule has 1 saturated heterocycles. The second-order valence-electron chi connectivity index (χ2n) is 5.83. The molecule has 1 aromatic carbocycles. The number of hydrogen-bond donors (Lipinski definition) is 1. The van der Waals surface area contributed by atoms with Gasteiger partial charge in [-0.05, 0) is 65.8 Å². The number of hydrogen-bond acceptors (Lipinski definition) is 2. The zero-order valence-electron chi connectivity index (χ0n) is 12.1. The molecule has 0 amide bonds. The quantitative estimate of drug-likeness (QED) is 0.808. The standard InChI is InChI=1S/C16H20BrF2NO/c1-10(11-3-2-6-20-9-11)7-12(21)8-13-15(18)5-4-14(17)16(13)19/h4-5,10-11,20H,2-3,6-9H2,1H3.